The number of carbonyl (C=O) groups is 1. The summed E-state index contributed by atoms with van der Waals surface area (Å²) in [6.07, 6.45) is 2.41. The predicted molar refractivity (Wildman–Crippen MR) is 102 cm³/mol. The second-order valence-electron chi connectivity index (χ2n) is 5.88. The zero-order valence-corrected chi connectivity index (χ0v) is 15.0. The Morgan fingerprint density at radius 3 is 2.64 bits per heavy atom. The van der Waals surface area contributed by atoms with Gasteiger partial charge in [0.15, 0.2) is 5.16 Å². The van der Waals surface area contributed by atoms with Gasteiger partial charge in [-0.1, -0.05) is 47.6 Å². The molecule has 1 aliphatic heterocycles. The molecule has 126 valence electrons. The van der Waals surface area contributed by atoms with E-state index in [1.54, 1.807) is 23.9 Å². The summed E-state index contributed by atoms with van der Waals surface area (Å²) in [5.74, 6) is 1.05. The molecule has 0 saturated heterocycles. The lowest BCUT2D eigenvalue weighted by Gasteiger charge is -2.06. The van der Waals surface area contributed by atoms with E-state index in [2.05, 4.69) is 21.1 Å². The number of aryl methyl sites for hydroxylation is 1. The number of imidazole rings is 1. The molecule has 0 atom stereocenters. The predicted octanol–water partition coefficient (Wildman–Crippen LogP) is 4.49. The van der Waals surface area contributed by atoms with Crippen molar-refractivity contribution in [2.24, 2.45) is 0 Å². The van der Waals surface area contributed by atoms with Crippen LogP contribution in [0.4, 0.5) is 5.69 Å². The van der Waals surface area contributed by atoms with Crippen molar-refractivity contribution >= 4 is 35.0 Å². The Kier molecular flexibility index (Phi) is 4.51. The Balaban J connectivity index is 1.41. The van der Waals surface area contributed by atoms with Crippen LogP contribution in [0, 0.1) is 0 Å². The highest BCUT2D eigenvalue weighted by Gasteiger charge is 2.15. The van der Waals surface area contributed by atoms with Crippen LogP contribution >= 0.6 is 23.4 Å². The maximum absolute atomic E-state index is 12.2. The van der Waals surface area contributed by atoms with E-state index in [9.17, 15) is 4.79 Å². The molecule has 1 aromatic heterocycles. The molecule has 0 spiro atoms. The number of hydrogen-bond acceptors (Lipinski definition) is 3. The minimum absolute atomic E-state index is 0.0487. The monoisotopic (exact) mass is 369 g/mol. The van der Waals surface area contributed by atoms with Gasteiger partial charge in [-0.3, -0.25) is 4.79 Å². The molecule has 2 aromatic carbocycles. The van der Waals surface area contributed by atoms with E-state index in [1.807, 2.05) is 36.4 Å². The first-order valence-corrected chi connectivity index (χ1v) is 9.38. The normalized spacial score (nSPS) is 12.8. The first-order valence-electron chi connectivity index (χ1n) is 8.02. The number of carbonyl (C=O) groups excluding carboxylic acids is 1. The molecule has 4 nitrogen and oxygen atoms in total. The zero-order chi connectivity index (χ0) is 17.2. The Morgan fingerprint density at radius 1 is 1.16 bits per heavy atom. The fourth-order valence-electron chi connectivity index (χ4n) is 2.77. The van der Waals surface area contributed by atoms with Crippen LogP contribution in [-0.4, -0.2) is 21.2 Å². The molecular formula is C19H16ClN3OS. The van der Waals surface area contributed by atoms with Crippen LogP contribution in [0.1, 0.15) is 5.56 Å². The third-order valence-corrected chi connectivity index (χ3v) is 5.27. The van der Waals surface area contributed by atoms with Crippen molar-refractivity contribution in [3.8, 4) is 11.3 Å². The number of aromatic nitrogens is 2. The highest BCUT2D eigenvalue weighted by Crippen LogP contribution is 2.29. The van der Waals surface area contributed by atoms with Crippen LogP contribution in [0.3, 0.4) is 0 Å². The van der Waals surface area contributed by atoms with E-state index in [1.165, 1.54) is 0 Å². The topological polar surface area (TPSA) is 46.9 Å². The molecule has 1 N–H and O–H groups in total. The van der Waals surface area contributed by atoms with Crippen LogP contribution in [0.2, 0.25) is 5.02 Å². The van der Waals surface area contributed by atoms with Gasteiger partial charge in [-0.15, -0.1) is 0 Å². The summed E-state index contributed by atoms with van der Waals surface area (Å²) in [5, 5.41) is 4.67. The van der Waals surface area contributed by atoms with Gasteiger partial charge >= 0.3 is 0 Å². The SMILES string of the molecule is O=C(Cc1ccc(Cl)cc1)Nc1ccc(-c2cn3c(n2)SCC3)cc1. The zero-order valence-electron chi connectivity index (χ0n) is 13.4. The van der Waals surface area contributed by atoms with E-state index in [4.69, 9.17) is 11.6 Å². The van der Waals surface area contributed by atoms with Crippen molar-refractivity contribution in [2.75, 3.05) is 11.1 Å². The fraction of sp³-hybridized carbons (Fsp3) is 0.158. The fourth-order valence-corrected chi connectivity index (χ4v) is 3.84. The molecule has 4 rings (SSSR count). The van der Waals surface area contributed by atoms with Crippen LogP contribution in [0.25, 0.3) is 11.3 Å². The van der Waals surface area contributed by atoms with Gasteiger partial charge in [0, 0.05) is 34.8 Å². The molecule has 0 fully saturated rings. The molecule has 0 aliphatic carbocycles. The molecule has 1 amide bonds. The Bertz CT molecular complexity index is 882. The number of rotatable bonds is 4. The van der Waals surface area contributed by atoms with E-state index >= 15 is 0 Å². The molecular weight excluding hydrogens is 354 g/mol. The highest BCUT2D eigenvalue weighted by atomic mass is 35.5. The van der Waals surface area contributed by atoms with Gasteiger partial charge in [0.1, 0.15) is 0 Å². The molecule has 1 aliphatic rings. The smallest absolute Gasteiger partial charge is 0.228 e. The molecule has 3 aromatic rings. The summed E-state index contributed by atoms with van der Waals surface area (Å²) in [6, 6.07) is 15.1. The summed E-state index contributed by atoms with van der Waals surface area (Å²) in [4.78, 5) is 16.8. The van der Waals surface area contributed by atoms with Gasteiger partial charge in [0.25, 0.3) is 0 Å². The van der Waals surface area contributed by atoms with E-state index in [0.29, 0.717) is 11.4 Å². The lowest BCUT2D eigenvalue weighted by molar-refractivity contribution is -0.115. The Labute approximate surface area is 155 Å². The van der Waals surface area contributed by atoms with Crippen molar-refractivity contribution in [1.82, 2.24) is 9.55 Å². The summed E-state index contributed by atoms with van der Waals surface area (Å²) in [7, 11) is 0. The van der Waals surface area contributed by atoms with Crippen LogP contribution in [-0.2, 0) is 17.8 Å². The van der Waals surface area contributed by atoms with Crippen molar-refractivity contribution in [2.45, 2.75) is 18.1 Å². The maximum Gasteiger partial charge on any atom is 0.228 e. The van der Waals surface area contributed by atoms with Crippen molar-refractivity contribution < 1.29 is 4.79 Å². The number of halogens is 1. The number of thioether (sulfide) groups is 1. The maximum atomic E-state index is 12.2. The van der Waals surface area contributed by atoms with Gasteiger partial charge in [0.2, 0.25) is 5.91 Å². The van der Waals surface area contributed by atoms with Gasteiger partial charge in [-0.25, -0.2) is 4.98 Å². The summed E-state index contributed by atoms with van der Waals surface area (Å²) in [6.45, 7) is 1.02. The molecule has 0 bridgehead atoms. The standard InChI is InChI=1S/C19H16ClN3OS/c20-15-5-1-13(2-6-15)11-18(24)21-16-7-3-14(4-8-16)17-12-23-9-10-25-19(23)22-17/h1-8,12H,9-11H2,(H,21,24). The number of hydrogen-bond donors (Lipinski definition) is 1. The average Bonchev–Trinajstić information content (AvgIpc) is 3.19. The first-order chi connectivity index (χ1) is 12.2. The number of nitrogens with one attached hydrogen (secondary N) is 1. The number of fused-ring (bicyclic) bond motifs is 1. The second-order valence-corrected chi connectivity index (χ2v) is 7.38. The largest absolute Gasteiger partial charge is 0.326 e. The van der Waals surface area contributed by atoms with Crippen LogP contribution < -0.4 is 5.32 Å². The van der Waals surface area contributed by atoms with Crippen LogP contribution in [0.15, 0.2) is 59.9 Å². The Hall–Kier alpha value is -2.24. The third kappa shape index (κ3) is 3.72. The molecule has 2 heterocycles. The van der Waals surface area contributed by atoms with Crippen molar-refractivity contribution in [3.63, 3.8) is 0 Å². The lowest BCUT2D eigenvalue weighted by atomic mass is 10.1. The van der Waals surface area contributed by atoms with Gasteiger partial charge in [-0.05, 0) is 29.8 Å². The summed E-state index contributed by atoms with van der Waals surface area (Å²) in [5.41, 5.74) is 3.74. The third-order valence-electron chi connectivity index (χ3n) is 4.05. The van der Waals surface area contributed by atoms with E-state index < -0.39 is 0 Å². The van der Waals surface area contributed by atoms with Crippen LogP contribution in [0.5, 0.6) is 0 Å². The molecule has 0 saturated carbocycles. The number of anilines is 1. The highest BCUT2D eigenvalue weighted by molar-refractivity contribution is 7.99. The summed E-state index contributed by atoms with van der Waals surface area (Å²) < 4.78 is 2.18. The molecule has 0 unspecified atom stereocenters. The quantitative estimate of drug-likeness (QED) is 0.737. The summed E-state index contributed by atoms with van der Waals surface area (Å²) >= 11 is 7.64. The van der Waals surface area contributed by atoms with Crippen molar-refractivity contribution in [1.29, 1.82) is 0 Å². The van der Waals surface area contributed by atoms with Crippen molar-refractivity contribution in [3.05, 3.63) is 65.3 Å². The number of amides is 1. The molecule has 6 heteroatoms. The van der Waals surface area contributed by atoms with Gasteiger partial charge < -0.3 is 9.88 Å². The first kappa shape index (κ1) is 16.2. The van der Waals surface area contributed by atoms with Gasteiger partial charge in [0.05, 0.1) is 12.1 Å². The molecule has 0 radical (unpaired) electrons. The Morgan fingerprint density at radius 2 is 1.92 bits per heavy atom. The second kappa shape index (κ2) is 6.94. The lowest BCUT2D eigenvalue weighted by Crippen LogP contribution is -2.14. The van der Waals surface area contributed by atoms with E-state index in [0.717, 1.165) is 40.0 Å². The number of nitrogens with zero attached hydrogens (tertiary/aromatic N) is 2. The average molecular weight is 370 g/mol. The minimum Gasteiger partial charge on any atom is -0.326 e. The van der Waals surface area contributed by atoms with Gasteiger partial charge in [-0.2, -0.15) is 0 Å². The minimum atomic E-state index is -0.0487. The molecule has 25 heavy (non-hydrogen) atoms. The van der Waals surface area contributed by atoms with E-state index in [-0.39, 0.29) is 5.91 Å². The number of benzene rings is 2.